The van der Waals surface area contributed by atoms with E-state index in [-0.39, 0.29) is 29.5 Å². The largest absolute Gasteiger partial charge is 0.345 e. The van der Waals surface area contributed by atoms with E-state index in [1.807, 2.05) is 17.5 Å². The van der Waals surface area contributed by atoms with E-state index in [2.05, 4.69) is 24.1 Å². The predicted octanol–water partition coefficient (Wildman–Crippen LogP) is 5.56. The Morgan fingerprint density at radius 1 is 1.17 bits per heavy atom. The van der Waals surface area contributed by atoms with Crippen LogP contribution in [-0.2, 0) is 9.59 Å². The van der Waals surface area contributed by atoms with Gasteiger partial charge in [0.2, 0.25) is 11.8 Å². The van der Waals surface area contributed by atoms with Crippen molar-refractivity contribution in [3.8, 4) is 0 Å². The van der Waals surface area contributed by atoms with Crippen LogP contribution in [0.2, 0.25) is 0 Å². The van der Waals surface area contributed by atoms with Gasteiger partial charge in [0.25, 0.3) is 0 Å². The quantitative estimate of drug-likeness (QED) is 0.487. The summed E-state index contributed by atoms with van der Waals surface area (Å²) in [5.74, 6) is -0.836. The summed E-state index contributed by atoms with van der Waals surface area (Å²) in [6, 6.07) is 9.94. The lowest BCUT2D eigenvalue weighted by atomic mass is 10.0. The highest BCUT2D eigenvalue weighted by molar-refractivity contribution is 7.14. The zero-order valence-electron chi connectivity index (χ0n) is 16.8. The number of hydrogen-bond acceptors (Lipinski definition) is 5. The van der Waals surface area contributed by atoms with Crippen molar-refractivity contribution in [3.05, 3.63) is 69.6 Å². The summed E-state index contributed by atoms with van der Waals surface area (Å²) < 4.78 is 14.2. The van der Waals surface area contributed by atoms with Crippen molar-refractivity contribution >= 4 is 51.4 Å². The second kappa shape index (κ2) is 9.77. The first-order valence-electron chi connectivity index (χ1n) is 9.39. The third-order valence-corrected chi connectivity index (χ3v) is 6.13. The number of rotatable bonds is 7. The van der Waals surface area contributed by atoms with Gasteiger partial charge in [-0.05, 0) is 35.6 Å². The van der Waals surface area contributed by atoms with Gasteiger partial charge in [-0.3, -0.25) is 14.5 Å². The van der Waals surface area contributed by atoms with Crippen molar-refractivity contribution in [3.63, 3.8) is 0 Å². The van der Waals surface area contributed by atoms with Crippen LogP contribution in [0.1, 0.15) is 37.4 Å². The number of amides is 2. The second-order valence-corrected chi connectivity index (χ2v) is 8.76. The van der Waals surface area contributed by atoms with Crippen molar-refractivity contribution in [2.45, 2.75) is 26.8 Å². The third kappa shape index (κ3) is 5.20. The molecule has 1 unspecified atom stereocenters. The SMILES string of the molecule is CC(=O)N(c1nc(/C=C/C(=O)NC(c2cccs2)C(C)C)cs1)c1ccccc1F. The number of carbonyl (C=O) groups excluding carboxylic acids is 2. The fourth-order valence-corrected chi connectivity index (χ4v) is 4.69. The Morgan fingerprint density at radius 2 is 1.93 bits per heavy atom. The van der Waals surface area contributed by atoms with Crippen molar-refractivity contribution in [1.82, 2.24) is 10.3 Å². The molecule has 1 aromatic carbocycles. The molecule has 0 saturated carbocycles. The fraction of sp³-hybridized carbons (Fsp3) is 0.227. The third-order valence-electron chi connectivity index (χ3n) is 4.33. The van der Waals surface area contributed by atoms with Crippen molar-refractivity contribution in [2.24, 2.45) is 5.92 Å². The molecule has 0 radical (unpaired) electrons. The Bertz CT molecular complexity index is 1040. The maximum absolute atomic E-state index is 14.2. The molecule has 2 amide bonds. The normalized spacial score (nSPS) is 12.3. The standard InChI is InChI=1S/C22H22FN3O2S2/c1-14(2)21(19-9-6-12-29-19)25-20(28)11-10-16-13-30-22(24-16)26(15(3)27)18-8-5-4-7-17(18)23/h4-14,21H,1-3H3,(H,25,28)/b11-10+. The second-order valence-electron chi connectivity index (χ2n) is 6.94. The Kier molecular flexibility index (Phi) is 7.12. The number of para-hydroxylation sites is 1. The van der Waals surface area contributed by atoms with Crippen molar-refractivity contribution in [2.75, 3.05) is 4.90 Å². The van der Waals surface area contributed by atoms with Crippen LogP contribution >= 0.6 is 22.7 Å². The molecule has 3 aromatic rings. The molecule has 2 aromatic heterocycles. The minimum atomic E-state index is -0.507. The molecular formula is C22H22FN3O2S2. The van der Waals surface area contributed by atoms with Crippen LogP contribution < -0.4 is 10.2 Å². The molecule has 0 aliphatic rings. The van der Waals surface area contributed by atoms with Crippen molar-refractivity contribution < 1.29 is 14.0 Å². The Morgan fingerprint density at radius 3 is 2.57 bits per heavy atom. The van der Waals surface area contributed by atoms with E-state index < -0.39 is 5.82 Å². The van der Waals surface area contributed by atoms with Gasteiger partial charge >= 0.3 is 0 Å². The number of benzene rings is 1. The lowest BCUT2D eigenvalue weighted by molar-refractivity contribution is -0.117. The number of aromatic nitrogens is 1. The van der Waals surface area contributed by atoms with Gasteiger partial charge < -0.3 is 5.32 Å². The highest BCUT2D eigenvalue weighted by Crippen LogP contribution is 2.31. The van der Waals surface area contributed by atoms with Crippen LogP contribution in [0, 0.1) is 11.7 Å². The number of nitrogens with zero attached hydrogens (tertiary/aromatic N) is 2. The first kappa shape index (κ1) is 21.9. The monoisotopic (exact) mass is 443 g/mol. The summed E-state index contributed by atoms with van der Waals surface area (Å²) >= 11 is 2.81. The maximum atomic E-state index is 14.2. The van der Waals surface area contributed by atoms with E-state index in [9.17, 15) is 14.0 Å². The van der Waals surface area contributed by atoms with Gasteiger partial charge in [0.15, 0.2) is 5.13 Å². The minimum absolute atomic E-state index is 0.0672. The van der Waals surface area contributed by atoms with E-state index in [1.54, 1.807) is 34.9 Å². The maximum Gasteiger partial charge on any atom is 0.244 e. The molecule has 0 saturated heterocycles. The topological polar surface area (TPSA) is 62.3 Å². The van der Waals surface area contributed by atoms with Gasteiger partial charge in [-0.2, -0.15) is 0 Å². The van der Waals surface area contributed by atoms with E-state index in [1.165, 1.54) is 41.4 Å². The van der Waals surface area contributed by atoms with Crippen LogP contribution in [0.25, 0.3) is 6.08 Å². The molecule has 1 N–H and O–H groups in total. The summed E-state index contributed by atoms with van der Waals surface area (Å²) in [6.07, 6.45) is 3.00. The highest BCUT2D eigenvalue weighted by atomic mass is 32.1. The van der Waals surface area contributed by atoms with Gasteiger partial charge in [0.05, 0.1) is 17.4 Å². The Labute approximate surface area is 182 Å². The molecule has 3 rings (SSSR count). The number of nitrogens with one attached hydrogen (secondary N) is 1. The van der Waals surface area contributed by atoms with E-state index >= 15 is 0 Å². The summed E-state index contributed by atoms with van der Waals surface area (Å²) in [7, 11) is 0. The number of hydrogen-bond donors (Lipinski definition) is 1. The number of thiophene rings is 1. The molecule has 0 spiro atoms. The first-order chi connectivity index (χ1) is 14.4. The predicted molar refractivity (Wildman–Crippen MR) is 120 cm³/mol. The molecule has 30 heavy (non-hydrogen) atoms. The molecule has 2 heterocycles. The molecule has 5 nitrogen and oxygen atoms in total. The van der Waals surface area contributed by atoms with Gasteiger partial charge in [-0.15, -0.1) is 22.7 Å². The molecular weight excluding hydrogens is 421 g/mol. The van der Waals surface area contributed by atoms with E-state index in [0.717, 1.165) is 4.88 Å². The zero-order chi connectivity index (χ0) is 21.7. The van der Waals surface area contributed by atoms with Gasteiger partial charge in [-0.25, -0.2) is 9.37 Å². The lowest BCUT2D eigenvalue weighted by Crippen LogP contribution is -2.29. The molecule has 0 aliphatic heterocycles. The van der Waals surface area contributed by atoms with E-state index in [4.69, 9.17) is 0 Å². The number of halogens is 1. The van der Waals surface area contributed by atoms with Gasteiger partial charge in [-0.1, -0.05) is 32.0 Å². The van der Waals surface area contributed by atoms with Gasteiger partial charge in [0, 0.05) is 23.3 Å². The van der Waals surface area contributed by atoms with Crippen LogP contribution in [-0.4, -0.2) is 16.8 Å². The van der Waals surface area contributed by atoms with Crippen LogP contribution in [0.5, 0.6) is 0 Å². The number of thiazole rings is 1. The molecule has 8 heteroatoms. The molecule has 1 atom stereocenters. The minimum Gasteiger partial charge on any atom is -0.345 e. The average molecular weight is 444 g/mol. The van der Waals surface area contributed by atoms with Crippen LogP contribution in [0.15, 0.2) is 53.2 Å². The summed E-state index contributed by atoms with van der Waals surface area (Å²) in [6.45, 7) is 5.47. The van der Waals surface area contributed by atoms with Crippen LogP contribution in [0.3, 0.4) is 0 Å². The zero-order valence-corrected chi connectivity index (χ0v) is 18.5. The summed E-state index contributed by atoms with van der Waals surface area (Å²) in [4.78, 5) is 31.2. The van der Waals surface area contributed by atoms with Gasteiger partial charge in [0.1, 0.15) is 5.82 Å². The average Bonchev–Trinajstić information content (AvgIpc) is 3.38. The lowest BCUT2D eigenvalue weighted by Gasteiger charge is -2.20. The van der Waals surface area contributed by atoms with Crippen LogP contribution in [0.4, 0.5) is 15.2 Å². The Balaban J connectivity index is 1.74. The summed E-state index contributed by atoms with van der Waals surface area (Å²) in [5, 5.41) is 7.06. The number of anilines is 2. The number of carbonyl (C=O) groups is 2. The fourth-order valence-electron chi connectivity index (χ4n) is 2.89. The summed E-state index contributed by atoms with van der Waals surface area (Å²) in [5.41, 5.74) is 0.660. The van der Waals surface area contributed by atoms with Crippen molar-refractivity contribution in [1.29, 1.82) is 0 Å². The molecule has 0 fully saturated rings. The molecule has 156 valence electrons. The Hall–Kier alpha value is -2.84. The van der Waals surface area contributed by atoms with E-state index in [0.29, 0.717) is 10.8 Å². The molecule has 0 bridgehead atoms. The molecule has 0 aliphatic carbocycles. The highest BCUT2D eigenvalue weighted by Gasteiger charge is 2.21. The smallest absolute Gasteiger partial charge is 0.244 e. The first-order valence-corrected chi connectivity index (χ1v) is 11.2.